The number of fused-ring (bicyclic) bond motifs is 2. The van der Waals surface area contributed by atoms with E-state index < -0.39 is 0 Å². The van der Waals surface area contributed by atoms with Crippen molar-refractivity contribution in [2.45, 2.75) is 32.1 Å². The predicted octanol–water partition coefficient (Wildman–Crippen LogP) is 7.44. The van der Waals surface area contributed by atoms with Crippen LogP contribution in [0.15, 0.2) is 60.7 Å². The molecule has 0 nitrogen and oxygen atoms in total. The Bertz CT molecular complexity index is 789. The summed E-state index contributed by atoms with van der Waals surface area (Å²) in [5, 5.41) is 2.77. The molecule has 2 heteroatoms. The standard InChI is InChI=1S/C21H20S2/c1-2-3-10-17(20-13-15-8-4-6-11-18(15)22-20)21-14-16-9-5-7-12-19(16)23-21/h4-9,11-14,17H,2-3,10H2,1H3. The maximum Gasteiger partial charge on any atom is 0.0345 e. The van der Waals surface area contributed by atoms with Gasteiger partial charge < -0.3 is 0 Å². The van der Waals surface area contributed by atoms with Crippen molar-refractivity contribution >= 4 is 42.8 Å². The first kappa shape index (κ1) is 14.9. The molecule has 0 aliphatic carbocycles. The van der Waals surface area contributed by atoms with Crippen molar-refractivity contribution in [3.05, 3.63) is 70.4 Å². The lowest BCUT2D eigenvalue weighted by molar-refractivity contribution is 0.665. The fourth-order valence-electron chi connectivity index (χ4n) is 3.18. The van der Waals surface area contributed by atoms with E-state index in [-0.39, 0.29) is 0 Å². The maximum absolute atomic E-state index is 2.41. The first-order valence-corrected chi connectivity index (χ1v) is 9.95. The molecule has 0 saturated carbocycles. The summed E-state index contributed by atoms with van der Waals surface area (Å²) in [6.45, 7) is 2.28. The van der Waals surface area contributed by atoms with E-state index in [9.17, 15) is 0 Å². The Morgan fingerprint density at radius 3 is 1.78 bits per heavy atom. The van der Waals surface area contributed by atoms with Crippen LogP contribution in [0.5, 0.6) is 0 Å². The van der Waals surface area contributed by atoms with E-state index in [0.29, 0.717) is 5.92 Å². The molecule has 0 N–H and O–H groups in total. The fourth-order valence-corrected chi connectivity index (χ4v) is 5.69. The van der Waals surface area contributed by atoms with E-state index in [1.165, 1.54) is 49.2 Å². The van der Waals surface area contributed by atoms with Gasteiger partial charge in [0.15, 0.2) is 0 Å². The molecule has 0 amide bonds. The van der Waals surface area contributed by atoms with Crippen molar-refractivity contribution < 1.29 is 0 Å². The summed E-state index contributed by atoms with van der Waals surface area (Å²) in [6, 6.07) is 22.3. The lowest BCUT2D eigenvalue weighted by Crippen LogP contribution is -1.96. The van der Waals surface area contributed by atoms with Crippen LogP contribution in [0.4, 0.5) is 0 Å². The second kappa shape index (κ2) is 6.46. The molecule has 4 rings (SSSR count). The Morgan fingerprint density at radius 2 is 1.30 bits per heavy atom. The molecule has 23 heavy (non-hydrogen) atoms. The SMILES string of the molecule is CCCCC(c1cc2ccccc2s1)c1cc2ccccc2s1. The monoisotopic (exact) mass is 336 g/mol. The minimum Gasteiger partial charge on any atom is -0.140 e. The number of benzene rings is 2. The van der Waals surface area contributed by atoms with Crippen LogP contribution in [-0.4, -0.2) is 0 Å². The van der Waals surface area contributed by atoms with E-state index in [1.807, 2.05) is 22.7 Å². The fraction of sp³-hybridized carbons (Fsp3) is 0.238. The first-order chi connectivity index (χ1) is 11.3. The molecule has 116 valence electrons. The molecule has 0 spiro atoms. The van der Waals surface area contributed by atoms with Crippen LogP contribution < -0.4 is 0 Å². The van der Waals surface area contributed by atoms with Gasteiger partial charge in [-0.25, -0.2) is 0 Å². The van der Waals surface area contributed by atoms with Gasteiger partial charge in [-0.15, -0.1) is 22.7 Å². The molecule has 0 aliphatic rings. The molecule has 0 unspecified atom stereocenters. The smallest absolute Gasteiger partial charge is 0.0345 e. The second-order valence-electron chi connectivity index (χ2n) is 6.07. The average molecular weight is 337 g/mol. The average Bonchev–Trinajstić information content (AvgIpc) is 3.19. The quantitative estimate of drug-likeness (QED) is 0.355. The van der Waals surface area contributed by atoms with Gasteiger partial charge in [0.25, 0.3) is 0 Å². The van der Waals surface area contributed by atoms with E-state index in [0.717, 1.165) is 0 Å². The van der Waals surface area contributed by atoms with Crippen molar-refractivity contribution in [3.63, 3.8) is 0 Å². The van der Waals surface area contributed by atoms with Crippen LogP contribution in [0, 0.1) is 0 Å². The van der Waals surface area contributed by atoms with Gasteiger partial charge >= 0.3 is 0 Å². The molecule has 0 saturated heterocycles. The van der Waals surface area contributed by atoms with Crippen LogP contribution in [-0.2, 0) is 0 Å². The highest BCUT2D eigenvalue weighted by Crippen LogP contribution is 2.41. The zero-order valence-corrected chi connectivity index (χ0v) is 14.9. The maximum atomic E-state index is 2.41. The van der Waals surface area contributed by atoms with E-state index >= 15 is 0 Å². The van der Waals surface area contributed by atoms with Gasteiger partial charge in [0.1, 0.15) is 0 Å². The van der Waals surface area contributed by atoms with E-state index in [4.69, 9.17) is 0 Å². The molecule has 4 aromatic rings. The Labute approximate surface area is 145 Å². The number of thiophene rings is 2. The van der Waals surface area contributed by atoms with Crippen LogP contribution >= 0.6 is 22.7 Å². The van der Waals surface area contributed by atoms with Gasteiger partial charge in [-0.05, 0) is 41.5 Å². The van der Waals surface area contributed by atoms with Crippen molar-refractivity contribution in [2.24, 2.45) is 0 Å². The van der Waals surface area contributed by atoms with Crippen molar-refractivity contribution in [1.82, 2.24) is 0 Å². The van der Waals surface area contributed by atoms with Crippen molar-refractivity contribution in [2.75, 3.05) is 0 Å². The summed E-state index contributed by atoms with van der Waals surface area (Å²) in [5.41, 5.74) is 0. The molecule has 0 atom stereocenters. The Balaban J connectivity index is 1.79. The number of unbranched alkanes of at least 4 members (excludes halogenated alkanes) is 1. The lowest BCUT2D eigenvalue weighted by atomic mass is 9.97. The highest BCUT2D eigenvalue weighted by atomic mass is 32.1. The van der Waals surface area contributed by atoms with Crippen LogP contribution in [0.3, 0.4) is 0 Å². The zero-order chi connectivity index (χ0) is 15.6. The van der Waals surface area contributed by atoms with Gasteiger partial charge in [0.05, 0.1) is 0 Å². The topological polar surface area (TPSA) is 0 Å². The summed E-state index contributed by atoms with van der Waals surface area (Å²) in [6.07, 6.45) is 3.79. The Hall–Kier alpha value is -1.64. The van der Waals surface area contributed by atoms with Gasteiger partial charge in [0.2, 0.25) is 0 Å². The summed E-state index contributed by atoms with van der Waals surface area (Å²) < 4.78 is 2.82. The highest BCUT2D eigenvalue weighted by molar-refractivity contribution is 7.20. The first-order valence-electron chi connectivity index (χ1n) is 8.32. The molecular formula is C21H20S2. The number of hydrogen-bond acceptors (Lipinski definition) is 2. The van der Waals surface area contributed by atoms with Crippen LogP contribution in [0.2, 0.25) is 0 Å². The Kier molecular flexibility index (Phi) is 4.19. The largest absolute Gasteiger partial charge is 0.140 e. The normalized spacial score (nSPS) is 11.7. The molecule has 0 fully saturated rings. The lowest BCUT2D eigenvalue weighted by Gasteiger charge is -2.13. The minimum absolute atomic E-state index is 0.546. The third kappa shape index (κ3) is 2.93. The molecule has 0 bridgehead atoms. The molecule has 2 aromatic heterocycles. The summed E-state index contributed by atoms with van der Waals surface area (Å²) in [7, 11) is 0. The molecule has 2 aromatic carbocycles. The molecule has 0 aliphatic heterocycles. The summed E-state index contributed by atoms with van der Waals surface area (Å²) >= 11 is 3.93. The molecule has 2 heterocycles. The Morgan fingerprint density at radius 1 is 0.783 bits per heavy atom. The van der Waals surface area contributed by atoms with Gasteiger partial charge in [-0.2, -0.15) is 0 Å². The number of hydrogen-bond donors (Lipinski definition) is 0. The van der Waals surface area contributed by atoms with Gasteiger partial charge in [-0.1, -0.05) is 56.2 Å². The highest BCUT2D eigenvalue weighted by Gasteiger charge is 2.19. The van der Waals surface area contributed by atoms with Crippen molar-refractivity contribution in [1.29, 1.82) is 0 Å². The number of rotatable bonds is 5. The molecule has 0 radical (unpaired) electrons. The van der Waals surface area contributed by atoms with E-state index in [1.54, 1.807) is 0 Å². The van der Waals surface area contributed by atoms with Gasteiger partial charge in [-0.3, -0.25) is 0 Å². The zero-order valence-electron chi connectivity index (χ0n) is 13.3. The van der Waals surface area contributed by atoms with Gasteiger partial charge in [0, 0.05) is 25.1 Å². The minimum atomic E-state index is 0.546. The van der Waals surface area contributed by atoms with Crippen molar-refractivity contribution in [3.8, 4) is 0 Å². The van der Waals surface area contributed by atoms with E-state index in [2.05, 4.69) is 67.6 Å². The second-order valence-corrected chi connectivity index (χ2v) is 8.30. The summed E-state index contributed by atoms with van der Waals surface area (Å²) in [5.74, 6) is 0.546. The third-order valence-corrected chi connectivity index (χ3v) is 6.88. The third-order valence-electron chi connectivity index (χ3n) is 4.42. The summed E-state index contributed by atoms with van der Waals surface area (Å²) in [4.78, 5) is 3.04. The van der Waals surface area contributed by atoms with Crippen LogP contribution in [0.25, 0.3) is 20.2 Å². The van der Waals surface area contributed by atoms with Crippen LogP contribution in [0.1, 0.15) is 41.9 Å². The molecular weight excluding hydrogens is 316 g/mol. The predicted molar refractivity (Wildman–Crippen MR) is 105 cm³/mol.